The van der Waals surface area contributed by atoms with Gasteiger partial charge in [0.25, 0.3) is 0 Å². The largest absolute Gasteiger partial charge is 0.506 e. The summed E-state index contributed by atoms with van der Waals surface area (Å²) in [4.78, 5) is 8.86. The first-order valence-corrected chi connectivity index (χ1v) is 8.84. The monoisotopic (exact) mass is 460 g/mol. The van der Waals surface area contributed by atoms with Crippen molar-refractivity contribution in [3.63, 3.8) is 0 Å². The van der Waals surface area contributed by atoms with Crippen molar-refractivity contribution in [1.82, 2.24) is 10.2 Å². The van der Waals surface area contributed by atoms with E-state index in [0.29, 0.717) is 5.75 Å². The summed E-state index contributed by atoms with van der Waals surface area (Å²) in [6.45, 7) is 5.94. The summed E-state index contributed by atoms with van der Waals surface area (Å²) in [5, 5.41) is 13.4. The summed E-state index contributed by atoms with van der Waals surface area (Å²) in [6, 6.07) is 7.52. The number of benzene rings is 1. The molecule has 0 bridgehead atoms. The second kappa shape index (κ2) is 10.1. The Hall–Kier alpha value is -1.22. The average Bonchev–Trinajstić information content (AvgIpc) is 3.43. The summed E-state index contributed by atoms with van der Waals surface area (Å²) < 4.78 is 5.66. The first-order valence-electron chi connectivity index (χ1n) is 8.84. The van der Waals surface area contributed by atoms with E-state index in [1.807, 2.05) is 25.2 Å². The number of anilines is 1. The second-order valence-electron chi connectivity index (χ2n) is 6.46. The molecule has 140 valence electrons. The maximum atomic E-state index is 9.99. The quantitative estimate of drug-likeness (QED) is 0.295. The summed E-state index contributed by atoms with van der Waals surface area (Å²) in [7, 11) is 1.82. The minimum absolute atomic E-state index is 0. The molecule has 2 aliphatic rings. The number of ether oxygens (including phenoxy) is 1. The van der Waals surface area contributed by atoms with Crippen LogP contribution in [0.1, 0.15) is 12.8 Å². The summed E-state index contributed by atoms with van der Waals surface area (Å²) in [6.07, 6.45) is 2.66. The third-order valence-corrected chi connectivity index (χ3v) is 4.59. The number of aliphatic imine (C=N–C) groups is 1. The number of phenols is 1. The van der Waals surface area contributed by atoms with Gasteiger partial charge in [0.05, 0.1) is 12.3 Å². The van der Waals surface area contributed by atoms with Crippen molar-refractivity contribution in [2.75, 3.05) is 57.9 Å². The van der Waals surface area contributed by atoms with Gasteiger partial charge >= 0.3 is 0 Å². The van der Waals surface area contributed by atoms with Gasteiger partial charge in [-0.25, -0.2) is 0 Å². The van der Waals surface area contributed by atoms with Crippen molar-refractivity contribution in [3.05, 3.63) is 24.3 Å². The molecule has 2 fully saturated rings. The van der Waals surface area contributed by atoms with Crippen LogP contribution < -0.4 is 10.2 Å². The Kier molecular flexibility index (Phi) is 8.08. The number of phenolic OH excluding ortho intramolecular Hbond substituents is 1. The molecule has 6 nitrogen and oxygen atoms in total. The Morgan fingerprint density at radius 2 is 1.96 bits per heavy atom. The van der Waals surface area contributed by atoms with Gasteiger partial charge in [0.2, 0.25) is 0 Å². The molecule has 25 heavy (non-hydrogen) atoms. The van der Waals surface area contributed by atoms with Crippen LogP contribution >= 0.6 is 24.0 Å². The maximum Gasteiger partial charge on any atom is 0.193 e. The van der Waals surface area contributed by atoms with E-state index in [9.17, 15) is 5.11 Å². The highest BCUT2D eigenvalue weighted by Gasteiger charge is 2.22. The zero-order chi connectivity index (χ0) is 16.8. The lowest BCUT2D eigenvalue weighted by Crippen LogP contribution is -2.53. The average molecular weight is 460 g/mol. The van der Waals surface area contributed by atoms with Crippen molar-refractivity contribution in [2.24, 2.45) is 10.9 Å². The van der Waals surface area contributed by atoms with Crippen LogP contribution in [-0.4, -0.2) is 69.0 Å². The van der Waals surface area contributed by atoms with Gasteiger partial charge in [0.15, 0.2) is 5.96 Å². The van der Waals surface area contributed by atoms with Gasteiger partial charge in [-0.15, -0.1) is 24.0 Å². The number of rotatable bonds is 6. The molecule has 1 aliphatic heterocycles. The zero-order valence-electron chi connectivity index (χ0n) is 14.9. The first-order chi connectivity index (χ1) is 11.8. The van der Waals surface area contributed by atoms with E-state index in [1.165, 1.54) is 12.8 Å². The van der Waals surface area contributed by atoms with E-state index in [0.717, 1.165) is 63.5 Å². The Morgan fingerprint density at radius 1 is 1.24 bits per heavy atom. The standard InChI is InChI=1S/C18H28N4O2.HI/c1-19-18(20-8-13-24-14-15-6-7-15)22-11-9-21(10-12-22)16-4-2-3-5-17(16)23;/h2-5,15,23H,6-14H2,1H3,(H,19,20);1H. The van der Waals surface area contributed by atoms with Crippen LogP contribution in [0, 0.1) is 5.92 Å². The predicted molar refractivity (Wildman–Crippen MR) is 112 cm³/mol. The Labute approximate surface area is 167 Å². The molecule has 7 heteroatoms. The van der Waals surface area contributed by atoms with Gasteiger partial charge < -0.3 is 25.0 Å². The number of aromatic hydroxyl groups is 1. The number of hydrogen-bond donors (Lipinski definition) is 2. The SMILES string of the molecule is CN=C(NCCOCC1CC1)N1CCN(c2ccccc2O)CC1.I. The molecule has 1 heterocycles. The molecule has 1 saturated carbocycles. The van der Waals surface area contributed by atoms with E-state index in [1.54, 1.807) is 6.07 Å². The van der Waals surface area contributed by atoms with Crippen molar-refractivity contribution in [1.29, 1.82) is 0 Å². The van der Waals surface area contributed by atoms with Gasteiger partial charge in [-0.1, -0.05) is 12.1 Å². The molecule has 1 aromatic rings. The molecule has 0 unspecified atom stereocenters. The van der Waals surface area contributed by atoms with Gasteiger partial charge in [0.1, 0.15) is 5.75 Å². The van der Waals surface area contributed by atoms with E-state index in [-0.39, 0.29) is 24.0 Å². The third-order valence-electron chi connectivity index (χ3n) is 4.59. The summed E-state index contributed by atoms with van der Waals surface area (Å²) in [5.74, 6) is 2.09. The number of halogens is 1. The number of nitrogens with zero attached hydrogens (tertiary/aromatic N) is 3. The minimum Gasteiger partial charge on any atom is -0.506 e. The lowest BCUT2D eigenvalue weighted by Gasteiger charge is -2.37. The lowest BCUT2D eigenvalue weighted by molar-refractivity contribution is 0.128. The number of para-hydroxylation sites is 2. The molecule has 1 saturated heterocycles. The van der Waals surface area contributed by atoms with Crippen molar-refractivity contribution < 1.29 is 9.84 Å². The molecule has 0 amide bonds. The zero-order valence-corrected chi connectivity index (χ0v) is 17.2. The van der Waals surface area contributed by atoms with Gasteiger partial charge in [-0.2, -0.15) is 0 Å². The fraction of sp³-hybridized carbons (Fsp3) is 0.611. The molecule has 1 aliphatic carbocycles. The van der Waals surface area contributed by atoms with Gasteiger partial charge in [0, 0.05) is 46.4 Å². The van der Waals surface area contributed by atoms with Crippen molar-refractivity contribution in [3.8, 4) is 5.75 Å². The smallest absolute Gasteiger partial charge is 0.193 e. The highest BCUT2D eigenvalue weighted by molar-refractivity contribution is 14.0. The first kappa shape index (κ1) is 20.1. The van der Waals surface area contributed by atoms with E-state index >= 15 is 0 Å². The van der Waals surface area contributed by atoms with E-state index in [2.05, 4.69) is 20.1 Å². The van der Waals surface area contributed by atoms with Crippen LogP contribution in [0.25, 0.3) is 0 Å². The van der Waals surface area contributed by atoms with Crippen LogP contribution in [-0.2, 0) is 4.74 Å². The lowest BCUT2D eigenvalue weighted by atomic mass is 10.2. The van der Waals surface area contributed by atoms with Gasteiger partial charge in [-0.3, -0.25) is 4.99 Å². The molecule has 1 aromatic carbocycles. The van der Waals surface area contributed by atoms with Crippen LogP contribution in [0.3, 0.4) is 0 Å². The van der Waals surface area contributed by atoms with E-state index in [4.69, 9.17) is 4.74 Å². The van der Waals surface area contributed by atoms with Crippen LogP contribution in [0.2, 0.25) is 0 Å². The predicted octanol–water partition coefficient (Wildman–Crippen LogP) is 2.13. The Morgan fingerprint density at radius 3 is 2.60 bits per heavy atom. The number of guanidine groups is 1. The number of nitrogens with one attached hydrogen (secondary N) is 1. The van der Waals surface area contributed by atoms with Crippen molar-refractivity contribution in [2.45, 2.75) is 12.8 Å². The van der Waals surface area contributed by atoms with Crippen LogP contribution in [0.4, 0.5) is 5.69 Å². The second-order valence-corrected chi connectivity index (χ2v) is 6.46. The van der Waals surface area contributed by atoms with Crippen molar-refractivity contribution >= 4 is 35.6 Å². The maximum absolute atomic E-state index is 9.99. The molecule has 3 rings (SSSR count). The highest BCUT2D eigenvalue weighted by atomic mass is 127. The topological polar surface area (TPSA) is 60.3 Å². The highest BCUT2D eigenvalue weighted by Crippen LogP contribution is 2.28. The number of piperazine rings is 1. The molecule has 0 aromatic heterocycles. The third kappa shape index (κ3) is 5.91. The molecule has 0 radical (unpaired) electrons. The minimum atomic E-state index is 0. The van der Waals surface area contributed by atoms with Gasteiger partial charge in [-0.05, 0) is 30.9 Å². The summed E-state index contributed by atoms with van der Waals surface area (Å²) in [5.41, 5.74) is 0.911. The molecule has 0 spiro atoms. The summed E-state index contributed by atoms with van der Waals surface area (Å²) >= 11 is 0. The fourth-order valence-corrected chi connectivity index (χ4v) is 2.99. The molecule has 2 N–H and O–H groups in total. The van der Waals surface area contributed by atoms with Crippen LogP contribution in [0.5, 0.6) is 5.75 Å². The molecular weight excluding hydrogens is 431 g/mol. The normalized spacial score (nSPS) is 18.0. The molecular formula is C18H29IN4O2. The number of hydrogen-bond acceptors (Lipinski definition) is 4. The van der Waals surface area contributed by atoms with E-state index < -0.39 is 0 Å². The Balaban J connectivity index is 0.00000225. The molecule has 0 atom stereocenters. The van der Waals surface area contributed by atoms with Crippen LogP contribution in [0.15, 0.2) is 29.3 Å². The Bertz CT molecular complexity index is 558. The fourth-order valence-electron chi connectivity index (χ4n) is 2.99.